The van der Waals surface area contributed by atoms with Gasteiger partial charge in [0.05, 0.1) is 0 Å². The van der Waals surface area contributed by atoms with Gasteiger partial charge in [-0.25, -0.2) is 0 Å². The van der Waals surface area contributed by atoms with Crippen molar-refractivity contribution in [3.63, 3.8) is 0 Å². The molecule has 1 atom stereocenters. The van der Waals surface area contributed by atoms with Gasteiger partial charge in [0, 0.05) is 6.04 Å². The van der Waals surface area contributed by atoms with Gasteiger partial charge in [0.15, 0.2) is 0 Å². The second-order valence-corrected chi connectivity index (χ2v) is 4.77. The molecule has 0 fully saturated rings. The Labute approximate surface area is 99.6 Å². The number of nitrogens with one attached hydrogen (secondary N) is 1. The van der Waals surface area contributed by atoms with E-state index >= 15 is 0 Å². The average molecular weight is 217 g/mol. The molecule has 0 aromatic heterocycles. The summed E-state index contributed by atoms with van der Waals surface area (Å²) in [4.78, 5) is 0. The molecular formula is C15H23N. The molecule has 1 unspecified atom stereocenters. The Morgan fingerprint density at radius 2 is 2.00 bits per heavy atom. The Hall–Kier alpha value is -1.08. The Kier molecular flexibility index (Phi) is 4.75. The van der Waals surface area contributed by atoms with Crippen LogP contribution in [0.5, 0.6) is 0 Å². The predicted molar refractivity (Wildman–Crippen MR) is 71.9 cm³/mol. The minimum Gasteiger partial charge on any atom is -0.313 e. The van der Waals surface area contributed by atoms with E-state index in [9.17, 15) is 0 Å². The first-order chi connectivity index (χ1) is 7.52. The highest BCUT2D eigenvalue weighted by Gasteiger charge is 2.06. The van der Waals surface area contributed by atoms with E-state index in [2.05, 4.69) is 57.3 Å². The van der Waals surface area contributed by atoms with Gasteiger partial charge in [0.1, 0.15) is 0 Å². The van der Waals surface area contributed by atoms with Crippen LogP contribution in [0.4, 0.5) is 0 Å². The summed E-state index contributed by atoms with van der Waals surface area (Å²) in [6.07, 6.45) is 3.36. The summed E-state index contributed by atoms with van der Waals surface area (Å²) in [6.45, 7) is 8.63. The lowest BCUT2D eigenvalue weighted by atomic mass is 9.98. The number of hydrogen-bond donors (Lipinski definition) is 1. The van der Waals surface area contributed by atoms with Crippen LogP contribution >= 0.6 is 0 Å². The maximum Gasteiger partial charge on any atom is 0.0290 e. The van der Waals surface area contributed by atoms with Gasteiger partial charge in [-0.2, -0.15) is 0 Å². The highest BCUT2D eigenvalue weighted by Crippen LogP contribution is 2.13. The molecule has 0 aliphatic rings. The van der Waals surface area contributed by atoms with Crippen LogP contribution in [0.2, 0.25) is 0 Å². The van der Waals surface area contributed by atoms with Crippen molar-refractivity contribution in [1.82, 2.24) is 5.32 Å². The van der Waals surface area contributed by atoms with Crippen molar-refractivity contribution >= 4 is 0 Å². The minimum absolute atomic E-state index is 0.436. The first-order valence-electron chi connectivity index (χ1n) is 5.91. The molecule has 0 aliphatic carbocycles. The van der Waals surface area contributed by atoms with Crippen LogP contribution in [0.3, 0.4) is 0 Å². The van der Waals surface area contributed by atoms with E-state index in [1.165, 1.54) is 22.3 Å². The second-order valence-electron chi connectivity index (χ2n) is 4.77. The van der Waals surface area contributed by atoms with Crippen molar-refractivity contribution in [2.45, 2.75) is 40.2 Å². The summed E-state index contributed by atoms with van der Waals surface area (Å²) in [5.74, 6) is 0. The fourth-order valence-electron chi connectivity index (χ4n) is 1.90. The Morgan fingerprint density at radius 1 is 1.31 bits per heavy atom. The number of benzene rings is 1. The van der Waals surface area contributed by atoms with Gasteiger partial charge >= 0.3 is 0 Å². The van der Waals surface area contributed by atoms with Crippen molar-refractivity contribution in [1.29, 1.82) is 0 Å². The SMILES string of the molecule is CNC(C=C(C)C)Cc1cc(C)ccc1C. The van der Waals surface area contributed by atoms with Crippen molar-refractivity contribution in [2.24, 2.45) is 0 Å². The number of aryl methyl sites for hydroxylation is 2. The van der Waals surface area contributed by atoms with Crippen molar-refractivity contribution in [2.75, 3.05) is 7.05 Å². The summed E-state index contributed by atoms with van der Waals surface area (Å²) in [5.41, 5.74) is 5.53. The lowest BCUT2D eigenvalue weighted by Gasteiger charge is -2.15. The Balaban J connectivity index is 2.85. The smallest absolute Gasteiger partial charge is 0.0290 e. The predicted octanol–water partition coefficient (Wildman–Crippen LogP) is 3.40. The van der Waals surface area contributed by atoms with Crippen LogP contribution in [0, 0.1) is 13.8 Å². The van der Waals surface area contributed by atoms with Gasteiger partial charge in [-0.1, -0.05) is 35.4 Å². The van der Waals surface area contributed by atoms with Gasteiger partial charge in [-0.15, -0.1) is 0 Å². The zero-order valence-electron chi connectivity index (χ0n) is 11.1. The molecule has 0 saturated heterocycles. The standard InChI is InChI=1S/C15H23N/c1-11(2)8-15(16-5)10-14-9-12(3)6-7-13(14)4/h6-9,15-16H,10H2,1-5H3. The van der Waals surface area contributed by atoms with Crippen LogP contribution in [0.25, 0.3) is 0 Å². The third-order valence-corrected chi connectivity index (χ3v) is 2.85. The number of likely N-dealkylation sites (N-methyl/N-ethyl adjacent to an activating group) is 1. The average Bonchev–Trinajstić information content (AvgIpc) is 2.21. The van der Waals surface area contributed by atoms with Gasteiger partial charge in [-0.3, -0.25) is 0 Å². The number of hydrogen-bond acceptors (Lipinski definition) is 1. The summed E-state index contributed by atoms with van der Waals surface area (Å²) in [5, 5.41) is 3.35. The summed E-state index contributed by atoms with van der Waals surface area (Å²) < 4.78 is 0. The second kappa shape index (κ2) is 5.86. The van der Waals surface area contributed by atoms with Gasteiger partial charge < -0.3 is 5.32 Å². The molecular weight excluding hydrogens is 194 g/mol. The molecule has 0 bridgehead atoms. The van der Waals surface area contributed by atoms with Gasteiger partial charge in [0.2, 0.25) is 0 Å². The lowest BCUT2D eigenvalue weighted by Crippen LogP contribution is -2.25. The first-order valence-corrected chi connectivity index (χ1v) is 5.91. The molecule has 1 N–H and O–H groups in total. The molecule has 0 saturated carbocycles. The largest absolute Gasteiger partial charge is 0.313 e. The lowest BCUT2D eigenvalue weighted by molar-refractivity contribution is 0.658. The Morgan fingerprint density at radius 3 is 2.56 bits per heavy atom. The minimum atomic E-state index is 0.436. The topological polar surface area (TPSA) is 12.0 Å². The molecule has 0 amide bonds. The first kappa shape index (κ1) is 13.0. The van der Waals surface area contributed by atoms with Crippen molar-refractivity contribution in [3.05, 3.63) is 46.5 Å². The third kappa shape index (κ3) is 3.82. The van der Waals surface area contributed by atoms with Gasteiger partial charge in [-0.05, 0) is 52.3 Å². The quantitative estimate of drug-likeness (QED) is 0.762. The van der Waals surface area contributed by atoms with Crippen molar-refractivity contribution in [3.8, 4) is 0 Å². The molecule has 0 aliphatic heterocycles. The van der Waals surface area contributed by atoms with Gasteiger partial charge in [0.25, 0.3) is 0 Å². The third-order valence-electron chi connectivity index (χ3n) is 2.85. The highest BCUT2D eigenvalue weighted by molar-refractivity contribution is 5.31. The molecule has 16 heavy (non-hydrogen) atoms. The Bertz CT molecular complexity index is 373. The highest BCUT2D eigenvalue weighted by atomic mass is 14.9. The van der Waals surface area contributed by atoms with E-state index in [4.69, 9.17) is 0 Å². The van der Waals surface area contributed by atoms with E-state index in [1.54, 1.807) is 0 Å². The fraction of sp³-hybridized carbons (Fsp3) is 0.467. The van der Waals surface area contributed by atoms with Crippen LogP contribution in [-0.2, 0) is 6.42 Å². The van der Waals surface area contributed by atoms with E-state index < -0.39 is 0 Å². The number of rotatable bonds is 4. The van der Waals surface area contributed by atoms with E-state index in [-0.39, 0.29) is 0 Å². The zero-order chi connectivity index (χ0) is 12.1. The summed E-state index contributed by atoms with van der Waals surface area (Å²) in [7, 11) is 2.02. The van der Waals surface area contributed by atoms with E-state index in [1.807, 2.05) is 7.05 Å². The molecule has 0 spiro atoms. The maximum atomic E-state index is 3.35. The molecule has 0 radical (unpaired) electrons. The molecule has 1 rings (SSSR count). The molecule has 88 valence electrons. The summed E-state index contributed by atoms with van der Waals surface area (Å²) in [6, 6.07) is 7.11. The van der Waals surface area contributed by atoms with Crippen LogP contribution in [0.1, 0.15) is 30.5 Å². The molecule has 1 aromatic rings. The van der Waals surface area contributed by atoms with E-state index in [0.29, 0.717) is 6.04 Å². The monoisotopic (exact) mass is 217 g/mol. The molecule has 0 heterocycles. The van der Waals surface area contributed by atoms with Crippen LogP contribution in [0.15, 0.2) is 29.8 Å². The zero-order valence-corrected chi connectivity index (χ0v) is 11.1. The summed E-state index contributed by atoms with van der Waals surface area (Å²) >= 11 is 0. The normalized spacial score (nSPS) is 12.3. The van der Waals surface area contributed by atoms with Crippen molar-refractivity contribution < 1.29 is 0 Å². The number of allylic oxidation sites excluding steroid dienone is 1. The maximum absolute atomic E-state index is 3.35. The molecule has 1 heteroatoms. The fourth-order valence-corrected chi connectivity index (χ4v) is 1.90. The van der Waals surface area contributed by atoms with Crippen LogP contribution < -0.4 is 5.32 Å². The van der Waals surface area contributed by atoms with Crippen LogP contribution in [-0.4, -0.2) is 13.1 Å². The van der Waals surface area contributed by atoms with E-state index in [0.717, 1.165) is 6.42 Å². The molecule has 1 nitrogen and oxygen atoms in total. The molecule has 1 aromatic carbocycles.